The van der Waals surface area contributed by atoms with Gasteiger partial charge >= 0.3 is 0 Å². The second kappa shape index (κ2) is 4.96. The maximum Gasteiger partial charge on any atom is 0.224 e. The van der Waals surface area contributed by atoms with Crippen LogP contribution in [0.3, 0.4) is 0 Å². The molecular weight excluding hydrogens is 214 g/mol. The fourth-order valence-electron chi connectivity index (χ4n) is 1.81. The van der Waals surface area contributed by atoms with Crippen LogP contribution in [0.2, 0.25) is 0 Å². The maximum absolute atomic E-state index is 11.7. The summed E-state index contributed by atoms with van der Waals surface area (Å²) in [4.78, 5) is 11.7. The zero-order chi connectivity index (χ0) is 11.5. The minimum atomic E-state index is -2.95. The molecule has 1 fully saturated rings. The lowest BCUT2D eigenvalue weighted by molar-refractivity contribution is -0.125. The second-order valence-corrected chi connectivity index (χ2v) is 6.35. The topological polar surface area (TPSA) is 63.2 Å². The second-order valence-electron chi connectivity index (χ2n) is 4.12. The van der Waals surface area contributed by atoms with Crippen LogP contribution in [0.4, 0.5) is 0 Å². The number of carbonyl (C=O) groups is 1. The van der Waals surface area contributed by atoms with Crippen molar-refractivity contribution in [2.24, 2.45) is 5.92 Å². The van der Waals surface area contributed by atoms with Crippen molar-refractivity contribution in [3.63, 3.8) is 0 Å². The van der Waals surface area contributed by atoms with Gasteiger partial charge in [-0.15, -0.1) is 0 Å². The molecule has 0 aromatic carbocycles. The van der Waals surface area contributed by atoms with Crippen molar-refractivity contribution < 1.29 is 13.2 Å². The van der Waals surface area contributed by atoms with Crippen LogP contribution in [-0.2, 0) is 14.6 Å². The van der Waals surface area contributed by atoms with Gasteiger partial charge in [0.05, 0.1) is 17.4 Å². The van der Waals surface area contributed by atoms with Crippen LogP contribution < -0.4 is 5.32 Å². The third-order valence-electron chi connectivity index (χ3n) is 2.94. The fourth-order valence-corrected chi connectivity index (χ4v) is 3.56. The molecule has 0 aromatic rings. The molecule has 0 saturated carbocycles. The summed E-state index contributed by atoms with van der Waals surface area (Å²) in [5.74, 6) is -0.229. The Kier molecular flexibility index (Phi) is 4.13. The van der Waals surface area contributed by atoms with E-state index in [1.807, 2.05) is 13.8 Å². The van der Waals surface area contributed by atoms with Crippen molar-refractivity contribution in [3.8, 4) is 0 Å². The Hall–Kier alpha value is -0.580. The summed E-state index contributed by atoms with van der Waals surface area (Å²) in [7, 11) is -2.95. The molecular formula is C10H19NO3S. The molecule has 1 amide bonds. The van der Waals surface area contributed by atoms with Crippen molar-refractivity contribution >= 4 is 15.7 Å². The lowest BCUT2D eigenvalue weighted by Crippen LogP contribution is -2.38. The lowest BCUT2D eigenvalue weighted by Gasteiger charge is -2.17. The molecule has 1 rings (SSSR count). The number of rotatable bonds is 4. The van der Waals surface area contributed by atoms with Crippen LogP contribution >= 0.6 is 0 Å². The third-order valence-corrected chi connectivity index (χ3v) is 4.70. The van der Waals surface area contributed by atoms with Crippen LogP contribution in [-0.4, -0.2) is 31.9 Å². The van der Waals surface area contributed by atoms with Gasteiger partial charge in [0.2, 0.25) is 5.91 Å². The summed E-state index contributed by atoms with van der Waals surface area (Å²) in [5.41, 5.74) is 0. The zero-order valence-corrected chi connectivity index (χ0v) is 10.1. The quantitative estimate of drug-likeness (QED) is 0.778. The van der Waals surface area contributed by atoms with E-state index in [0.717, 1.165) is 12.8 Å². The van der Waals surface area contributed by atoms with Gasteiger partial charge in [0.1, 0.15) is 0 Å². The summed E-state index contributed by atoms with van der Waals surface area (Å²) < 4.78 is 22.4. The standard InChI is InChI=1S/C10H19NO3S/c1-3-9(4-2)11-10(12)8-5-6-15(13,14)7-8/h8-9H,3-7H2,1-2H3,(H,11,12). The van der Waals surface area contributed by atoms with E-state index in [1.165, 1.54) is 0 Å². The average molecular weight is 233 g/mol. The number of amides is 1. The average Bonchev–Trinajstić information content (AvgIpc) is 2.55. The van der Waals surface area contributed by atoms with Gasteiger partial charge in [-0.3, -0.25) is 4.79 Å². The van der Waals surface area contributed by atoms with E-state index in [0.29, 0.717) is 6.42 Å². The Labute approximate surface area is 91.4 Å². The predicted molar refractivity (Wildman–Crippen MR) is 59.3 cm³/mol. The zero-order valence-electron chi connectivity index (χ0n) is 9.32. The molecule has 1 saturated heterocycles. The van der Waals surface area contributed by atoms with E-state index in [4.69, 9.17) is 0 Å². The fraction of sp³-hybridized carbons (Fsp3) is 0.900. The van der Waals surface area contributed by atoms with Gasteiger partial charge < -0.3 is 5.32 Å². The monoisotopic (exact) mass is 233 g/mol. The summed E-state index contributed by atoms with van der Waals surface area (Å²) in [5, 5.41) is 2.89. The largest absolute Gasteiger partial charge is 0.353 e. The Morgan fingerprint density at radius 1 is 1.40 bits per heavy atom. The predicted octanol–water partition coefficient (Wildman–Crippen LogP) is 0.726. The number of hydrogen-bond acceptors (Lipinski definition) is 3. The summed E-state index contributed by atoms with van der Waals surface area (Å²) >= 11 is 0. The highest BCUT2D eigenvalue weighted by molar-refractivity contribution is 7.91. The summed E-state index contributed by atoms with van der Waals surface area (Å²) in [6, 6.07) is 0.181. The summed E-state index contributed by atoms with van der Waals surface area (Å²) in [6.45, 7) is 4.03. The van der Waals surface area contributed by atoms with Gasteiger partial charge in [-0.1, -0.05) is 13.8 Å². The van der Waals surface area contributed by atoms with Gasteiger partial charge in [0.25, 0.3) is 0 Å². The Morgan fingerprint density at radius 3 is 2.40 bits per heavy atom. The van der Waals surface area contributed by atoms with Crippen molar-refractivity contribution in [2.45, 2.75) is 39.2 Å². The molecule has 0 radical (unpaired) electrons. The first-order chi connectivity index (χ1) is 6.98. The van der Waals surface area contributed by atoms with E-state index in [9.17, 15) is 13.2 Å². The first kappa shape index (κ1) is 12.5. The number of carbonyl (C=O) groups excluding carboxylic acids is 1. The highest BCUT2D eigenvalue weighted by Crippen LogP contribution is 2.18. The van der Waals surface area contributed by atoms with E-state index in [2.05, 4.69) is 5.32 Å². The summed E-state index contributed by atoms with van der Waals surface area (Å²) in [6.07, 6.45) is 2.26. The number of hydrogen-bond donors (Lipinski definition) is 1. The normalized spacial score (nSPS) is 24.3. The van der Waals surface area contributed by atoms with E-state index in [-0.39, 0.29) is 29.4 Å². The molecule has 88 valence electrons. The van der Waals surface area contributed by atoms with Crippen molar-refractivity contribution in [1.82, 2.24) is 5.32 Å². The van der Waals surface area contributed by atoms with Crippen molar-refractivity contribution in [3.05, 3.63) is 0 Å². The molecule has 1 N–H and O–H groups in total. The third kappa shape index (κ3) is 3.48. The van der Waals surface area contributed by atoms with Crippen LogP contribution in [0.15, 0.2) is 0 Å². The number of sulfone groups is 1. The first-order valence-electron chi connectivity index (χ1n) is 5.49. The van der Waals surface area contributed by atoms with Gasteiger partial charge in [-0.05, 0) is 19.3 Å². The van der Waals surface area contributed by atoms with Gasteiger partial charge in [-0.25, -0.2) is 8.42 Å². The van der Waals surface area contributed by atoms with Crippen LogP contribution in [0.25, 0.3) is 0 Å². The molecule has 0 bridgehead atoms. The molecule has 0 aromatic heterocycles. The molecule has 15 heavy (non-hydrogen) atoms. The van der Waals surface area contributed by atoms with Gasteiger partial charge in [0.15, 0.2) is 9.84 Å². The van der Waals surface area contributed by atoms with Crippen LogP contribution in [0, 0.1) is 5.92 Å². The Balaban J connectivity index is 2.49. The Bertz CT molecular complexity index is 320. The molecule has 5 heteroatoms. The van der Waals surface area contributed by atoms with Crippen LogP contribution in [0.1, 0.15) is 33.1 Å². The Morgan fingerprint density at radius 2 is 2.00 bits per heavy atom. The SMILES string of the molecule is CCC(CC)NC(=O)C1CCS(=O)(=O)C1. The minimum Gasteiger partial charge on any atom is -0.353 e. The van der Waals surface area contributed by atoms with Crippen LogP contribution in [0.5, 0.6) is 0 Å². The van der Waals surface area contributed by atoms with Crippen molar-refractivity contribution in [2.75, 3.05) is 11.5 Å². The lowest BCUT2D eigenvalue weighted by atomic mass is 10.1. The van der Waals surface area contributed by atoms with Crippen molar-refractivity contribution in [1.29, 1.82) is 0 Å². The first-order valence-corrected chi connectivity index (χ1v) is 7.31. The molecule has 1 heterocycles. The molecule has 0 aliphatic carbocycles. The van der Waals surface area contributed by atoms with E-state index in [1.54, 1.807) is 0 Å². The molecule has 1 aliphatic rings. The molecule has 0 spiro atoms. The minimum absolute atomic E-state index is 0.0268. The van der Waals surface area contributed by atoms with Gasteiger partial charge in [0, 0.05) is 6.04 Å². The molecule has 1 atom stereocenters. The smallest absolute Gasteiger partial charge is 0.224 e. The highest BCUT2D eigenvalue weighted by atomic mass is 32.2. The molecule has 1 unspecified atom stereocenters. The number of nitrogens with one attached hydrogen (secondary N) is 1. The van der Waals surface area contributed by atoms with E-state index >= 15 is 0 Å². The highest BCUT2D eigenvalue weighted by Gasteiger charge is 2.33. The van der Waals surface area contributed by atoms with E-state index < -0.39 is 9.84 Å². The maximum atomic E-state index is 11.7. The molecule has 1 aliphatic heterocycles. The van der Waals surface area contributed by atoms with Gasteiger partial charge in [-0.2, -0.15) is 0 Å². The molecule has 4 nitrogen and oxygen atoms in total.